The number of hydrogen-bond donors (Lipinski definition) is 2. The Balaban J connectivity index is 0. The number of nitrogens with two attached hydrogens (primary N) is 1. The number of nitrogens with zero attached hydrogens (tertiary/aromatic N) is 3. The first-order valence-corrected chi connectivity index (χ1v) is 13.3. The van der Waals surface area contributed by atoms with E-state index in [9.17, 15) is 18.0 Å². The monoisotopic (exact) mass is 557 g/mol. The smallest absolute Gasteiger partial charge is 0.282 e. The second-order valence-electron chi connectivity index (χ2n) is 7.85. The van der Waals surface area contributed by atoms with Gasteiger partial charge in [-0.2, -0.15) is 0 Å². The molecule has 0 saturated heterocycles. The van der Waals surface area contributed by atoms with Crippen LogP contribution in [0.25, 0.3) is 0 Å². The molecule has 1 heterocycles. The predicted octanol–water partition coefficient (Wildman–Crippen LogP) is 6.92. The molecule has 222 valence electrons. The van der Waals surface area contributed by atoms with Gasteiger partial charge in [0.15, 0.2) is 0 Å². The molecule has 0 bridgehead atoms. The standard InChI is InChI=1S/C16H24FN3O2.C7H10N2O.C3H6F2.C2H6/c1-4-12(5-2)11(3)22-16(18)19-9-13-8-14(20-10-21)6-7-15(13)17;1-3-10-7-5-8-6(2)4-9-7;1-2-3(4)5;1-2/h6-8,10-12H,4-5,9H2,1-3H3,(H2,18,19)(H,20,21);4-5H,3H2,1-2H3;3H,2H2,1H3;1-2H3/t11-;;;/m1.../s1. The molecule has 11 heteroatoms. The van der Waals surface area contributed by atoms with Crippen molar-refractivity contribution in [3.8, 4) is 5.88 Å². The van der Waals surface area contributed by atoms with Crippen LogP contribution in [0.1, 0.15) is 79.0 Å². The molecule has 0 aliphatic carbocycles. The maximum atomic E-state index is 13.7. The van der Waals surface area contributed by atoms with Gasteiger partial charge in [-0.15, -0.1) is 0 Å². The van der Waals surface area contributed by atoms with Gasteiger partial charge in [-0.05, 0) is 57.7 Å². The summed E-state index contributed by atoms with van der Waals surface area (Å²) in [6.07, 6.45) is 3.67. The fourth-order valence-electron chi connectivity index (χ4n) is 2.90. The fourth-order valence-corrected chi connectivity index (χ4v) is 2.90. The van der Waals surface area contributed by atoms with E-state index in [4.69, 9.17) is 15.2 Å². The Morgan fingerprint density at radius 1 is 1.10 bits per heavy atom. The van der Waals surface area contributed by atoms with E-state index in [0.717, 1.165) is 18.5 Å². The van der Waals surface area contributed by atoms with E-state index in [2.05, 4.69) is 34.1 Å². The summed E-state index contributed by atoms with van der Waals surface area (Å²) in [6.45, 7) is 16.1. The normalized spacial score (nSPS) is 11.2. The first-order valence-electron chi connectivity index (χ1n) is 13.3. The number of amides is 1. The molecule has 2 aromatic rings. The topological polar surface area (TPSA) is 112 Å². The molecule has 0 aliphatic heterocycles. The van der Waals surface area contributed by atoms with Crippen molar-refractivity contribution in [2.75, 3.05) is 11.9 Å². The summed E-state index contributed by atoms with van der Waals surface area (Å²) in [5.74, 6) is 0.597. The predicted molar refractivity (Wildman–Crippen MR) is 152 cm³/mol. The highest BCUT2D eigenvalue weighted by molar-refractivity contribution is 5.72. The van der Waals surface area contributed by atoms with E-state index in [-0.39, 0.29) is 25.1 Å². The molecule has 1 amide bonds. The van der Waals surface area contributed by atoms with Crippen molar-refractivity contribution in [1.82, 2.24) is 9.97 Å². The average Bonchev–Trinajstić information content (AvgIpc) is 2.93. The van der Waals surface area contributed by atoms with E-state index in [1.54, 1.807) is 12.4 Å². The van der Waals surface area contributed by atoms with Gasteiger partial charge in [-0.3, -0.25) is 9.78 Å². The lowest BCUT2D eigenvalue weighted by Crippen LogP contribution is -2.28. The molecule has 0 aliphatic rings. The van der Waals surface area contributed by atoms with E-state index < -0.39 is 12.2 Å². The number of carbonyl (C=O) groups excluding carboxylic acids is 1. The summed E-state index contributed by atoms with van der Waals surface area (Å²) < 4.78 is 45.9. The Kier molecular flexibility index (Phi) is 23.0. The van der Waals surface area contributed by atoms with Crippen LogP contribution in [0.3, 0.4) is 0 Å². The number of aromatic nitrogens is 2. The molecule has 1 aromatic carbocycles. The van der Waals surface area contributed by atoms with Gasteiger partial charge < -0.3 is 20.5 Å². The number of amidine groups is 1. The third kappa shape index (κ3) is 18.5. The molecule has 1 atom stereocenters. The van der Waals surface area contributed by atoms with Gasteiger partial charge in [0.1, 0.15) is 11.9 Å². The van der Waals surface area contributed by atoms with Gasteiger partial charge >= 0.3 is 0 Å². The summed E-state index contributed by atoms with van der Waals surface area (Å²) in [5, 5.41) is 2.47. The van der Waals surface area contributed by atoms with E-state index in [1.165, 1.54) is 25.1 Å². The van der Waals surface area contributed by atoms with Gasteiger partial charge in [0.2, 0.25) is 18.7 Å². The first kappa shape index (κ1) is 37.8. The quantitative estimate of drug-likeness (QED) is 0.176. The van der Waals surface area contributed by atoms with Crippen molar-refractivity contribution in [2.24, 2.45) is 16.6 Å². The minimum Gasteiger partial charge on any atom is -0.477 e. The molecule has 1 aromatic heterocycles. The van der Waals surface area contributed by atoms with Crippen LogP contribution in [-0.4, -0.2) is 41.5 Å². The molecule has 3 N–H and O–H groups in total. The molecule has 0 unspecified atom stereocenters. The highest BCUT2D eigenvalue weighted by atomic mass is 19.3. The molecule has 2 rings (SSSR count). The zero-order valence-corrected chi connectivity index (χ0v) is 24.5. The van der Waals surface area contributed by atoms with Gasteiger partial charge in [-0.25, -0.2) is 23.1 Å². The number of hydrogen-bond acceptors (Lipinski definition) is 6. The lowest BCUT2D eigenvalue weighted by atomic mass is 9.98. The van der Waals surface area contributed by atoms with Gasteiger partial charge in [0.05, 0.1) is 31.2 Å². The number of benzene rings is 1. The van der Waals surface area contributed by atoms with Crippen LogP contribution in [0, 0.1) is 18.7 Å². The van der Waals surface area contributed by atoms with E-state index in [1.807, 2.05) is 34.6 Å². The number of alkyl halides is 2. The maximum absolute atomic E-state index is 13.7. The van der Waals surface area contributed by atoms with Crippen molar-refractivity contribution in [3.63, 3.8) is 0 Å². The highest BCUT2D eigenvalue weighted by Gasteiger charge is 2.15. The highest BCUT2D eigenvalue weighted by Crippen LogP contribution is 2.17. The molecule has 0 spiro atoms. The number of rotatable bonds is 11. The summed E-state index contributed by atoms with van der Waals surface area (Å²) in [4.78, 5) is 22.5. The second kappa shape index (κ2) is 23.7. The minimum atomic E-state index is -2.12. The summed E-state index contributed by atoms with van der Waals surface area (Å²) in [6, 6.07) is 4.32. The maximum Gasteiger partial charge on any atom is 0.282 e. The minimum absolute atomic E-state index is 0.0278. The average molecular weight is 558 g/mol. The second-order valence-corrected chi connectivity index (χ2v) is 7.85. The van der Waals surface area contributed by atoms with Gasteiger partial charge in [-0.1, -0.05) is 34.6 Å². The van der Waals surface area contributed by atoms with Crippen LogP contribution < -0.4 is 15.8 Å². The van der Waals surface area contributed by atoms with Crippen LogP contribution in [0.15, 0.2) is 35.6 Å². The van der Waals surface area contributed by atoms with Gasteiger partial charge in [0, 0.05) is 17.7 Å². The molecule has 0 radical (unpaired) electrons. The number of aryl methyl sites for hydroxylation is 1. The Morgan fingerprint density at radius 3 is 2.18 bits per heavy atom. The van der Waals surface area contributed by atoms with E-state index in [0.29, 0.717) is 36.1 Å². The Hall–Kier alpha value is -3.37. The first-order chi connectivity index (χ1) is 18.6. The van der Waals surface area contributed by atoms with Crippen molar-refractivity contribution in [1.29, 1.82) is 0 Å². The molecular weight excluding hydrogens is 511 g/mol. The van der Waals surface area contributed by atoms with Crippen molar-refractivity contribution in [3.05, 3.63) is 47.7 Å². The lowest BCUT2D eigenvalue weighted by molar-refractivity contribution is -0.105. The Bertz CT molecular complexity index is 912. The number of ether oxygens (including phenoxy) is 2. The van der Waals surface area contributed by atoms with Crippen molar-refractivity contribution >= 4 is 18.1 Å². The largest absolute Gasteiger partial charge is 0.477 e. The lowest BCUT2D eigenvalue weighted by Gasteiger charge is -2.21. The molecule has 0 fully saturated rings. The number of aliphatic imine (C=N–C) groups is 1. The number of halogens is 3. The summed E-state index contributed by atoms with van der Waals surface area (Å²) >= 11 is 0. The summed E-state index contributed by atoms with van der Waals surface area (Å²) in [5.41, 5.74) is 7.50. The van der Waals surface area contributed by atoms with Crippen molar-refractivity contribution < 1.29 is 27.4 Å². The third-order valence-corrected chi connectivity index (χ3v) is 5.05. The Labute approximate surface area is 231 Å². The fraction of sp³-hybridized carbons (Fsp3) is 0.571. The number of nitrogens with one attached hydrogen (secondary N) is 1. The number of anilines is 1. The molecule has 0 saturated carbocycles. The van der Waals surface area contributed by atoms with Crippen LogP contribution in [0.4, 0.5) is 18.9 Å². The summed E-state index contributed by atoms with van der Waals surface area (Å²) in [7, 11) is 0. The molecular formula is C28H46F3N5O3. The number of carbonyl (C=O) groups is 1. The third-order valence-electron chi connectivity index (χ3n) is 5.05. The zero-order valence-electron chi connectivity index (χ0n) is 24.5. The van der Waals surface area contributed by atoms with Crippen LogP contribution in [-0.2, 0) is 16.1 Å². The van der Waals surface area contributed by atoms with Crippen LogP contribution in [0.2, 0.25) is 0 Å². The SMILES string of the molecule is CC.CCC(CC)[C@@H](C)OC(N)=NCc1cc(NC=O)ccc1F.CCC(F)F.CCOc1cnc(C)cn1. The van der Waals surface area contributed by atoms with Crippen LogP contribution in [0.5, 0.6) is 5.88 Å². The zero-order chi connectivity index (χ0) is 30.2. The van der Waals surface area contributed by atoms with E-state index >= 15 is 0 Å². The van der Waals surface area contributed by atoms with Crippen LogP contribution >= 0.6 is 0 Å². The van der Waals surface area contributed by atoms with Crippen molar-refractivity contribution in [2.45, 2.75) is 93.7 Å². The Morgan fingerprint density at radius 2 is 1.72 bits per heavy atom. The van der Waals surface area contributed by atoms with Gasteiger partial charge in [0.25, 0.3) is 6.02 Å². The molecule has 39 heavy (non-hydrogen) atoms. The molecule has 8 nitrogen and oxygen atoms in total.